The largest absolute Gasteiger partial charge is 0.481 e. The molecule has 0 radical (unpaired) electrons. The predicted molar refractivity (Wildman–Crippen MR) is 222 cm³/mol. The molecule has 1 aliphatic heterocycles. The van der Waals surface area contributed by atoms with Crippen LogP contribution in [0.3, 0.4) is 0 Å². The fourth-order valence-corrected chi connectivity index (χ4v) is 6.99. The van der Waals surface area contributed by atoms with Crippen LogP contribution < -0.4 is 43.4 Å². The van der Waals surface area contributed by atoms with Crippen molar-refractivity contribution in [3.8, 4) is 0 Å². The lowest BCUT2D eigenvalue weighted by Gasteiger charge is -2.30. The lowest BCUT2D eigenvalue weighted by atomic mass is 10.0. The summed E-state index contributed by atoms with van der Waals surface area (Å²) >= 11 is 4.25. The number of aromatic nitrogens is 1. The van der Waals surface area contributed by atoms with Crippen LogP contribution in [0.15, 0.2) is 30.5 Å². The molecule has 0 spiro atoms. The molecule has 0 saturated carbocycles. The number of para-hydroxylation sites is 1. The molecule has 1 aromatic heterocycles. The minimum atomic E-state index is -1.55. The highest BCUT2D eigenvalue weighted by Gasteiger charge is 2.39. The summed E-state index contributed by atoms with van der Waals surface area (Å²) in [5.74, 6) is -7.44. The molecule has 3 rings (SSSR count). The van der Waals surface area contributed by atoms with Crippen LogP contribution in [0.2, 0.25) is 0 Å². The van der Waals surface area contributed by atoms with E-state index in [0.29, 0.717) is 18.4 Å². The summed E-state index contributed by atoms with van der Waals surface area (Å²) in [6, 6.07) is -0.121. The van der Waals surface area contributed by atoms with Crippen LogP contribution in [0.4, 0.5) is 0 Å². The van der Waals surface area contributed by atoms with E-state index in [1.54, 1.807) is 30.5 Å². The van der Waals surface area contributed by atoms with Gasteiger partial charge in [0.25, 0.3) is 0 Å². The number of carbonyl (C=O) groups excluding carboxylic acids is 6. The van der Waals surface area contributed by atoms with Crippen molar-refractivity contribution >= 4 is 76.9 Å². The number of H-pyrrole nitrogens is 1. The number of amides is 6. The average Bonchev–Trinajstić information content (AvgIpc) is 3.85. The first-order valence-corrected chi connectivity index (χ1v) is 20.3. The van der Waals surface area contributed by atoms with Gasteiger partial charge in [-0.25, -0.2) is 0 Å². The average molecular weight is 860 g/mol. The highest BCUT2D eigenvalue weighted by atomic mass is 32.1. The molecule has 21 nitrogen and oxygen atoms in total. The fourth-order valence-electron chi connectivity index (χ4n) is 6.75. The molecular formula is C38H57N11O10S. The Morgan fingerprint density at radius 3 is 2.17 bits per heavy atom. The molecule has 14 N–H and O–H groups in total. The zero-order chi connectivity index (χ0) is 44.5. The van der Waals surface area contributed by atoms with Crippen LogP contribution in [-0.2, 0) is 44.8 Å². The SMILES string of the molecule is CC(C)C[C@H](N)C(=O)N[C@@H](CS)C(=O)N1CCC[C@H]1C(=O)N[C@@H](CCCNC(=N)N)C(=O)N[C@@H](CCC(=O)O)C(=O)N[C@@H](Cc1c[nH]c2ccccc12)C(=O)NCC(=O)O. The van der Waals surface area contributed by atoms with Gasteiger partial charge < -0.3 is 63.5 Å². The summed E-state index contributed by atoms with van der Waals surface area (Å²) in [6.45, 7) is 3.34. The first-order chi connectivity index (χ1) is 28.4. The fraction of sp³-hybridized carbons (Fsp3) is 0.553. The Kier molecular flexibility index (Phi) is 19.1. The number of benzene rings is 1. The molecule has 1 aliphatic rings. The molecule has 22 heteroatoms. The zero-order valence-corrected chi connectivity index (χ0v) is 34.5. The lowest BCUT2D eigenvalue weighted by Crippen LogP contribution is -2.59. The Morgan fingerprint density at radius 2 is 1.53 bits per heavy atom. The number of aliphatic carboxylic acids is 2. The van der Waals surface area contributed by atoms with Gasteiger partial charge in [0, 0.05) is 48.8 Å². The van der Waals surface area contributed by atoms with E-state index < -0.39 is 103 Å². The maximum Gasteiger partial charge on any atom is 0.322 e. The highest BCUT2D eigenvalue weighted by Crippen LogP contribution is 2.21. The smallest absolute Gasteiger partial charge is 0.322 e. The Labute approximate surface area is 352 Å². The number of hydrogen-bond acceptors (Lipinski definition) is 11. The van der Waals surface area contributed by atoms with Crippen molar-refractivity contribution in [3.63, 3.8) is 0 Å². The van der Waals surface area contributed by atoms with Gasteiger partial charge in [-0.05, 0) is 56.1 Å². The number of carbonyl (C=O) groups is 8. The monoisotopic (exact) mass is 859 g/mol. The number of carboxylic acid groups (broad SMARTS) is 2. The van der Waals surface area contributed by atoms with E-state index in [9.17, 15) is 43.5 Å². The standard InChI is InChI=1S/C38H57N11O10S/c1-20(2)15-23(39)32(54)48-28(19-60)37(59)49-14-6-10-29(49)36(58)46-25(9-5-13-42-38(40)41)34(56)45-26(11-12-30(50)51)35(57)47-27(33(55)44-18-31(52)53)16-21-17-43-24-8-4-3-7-22(21)24/h3-4,7-8,17,20,23,25-29,43,60H,5-6,9-16,18-19,39H2,1-2H3,(H,44,55)(H,45,56)(H,46,58)(H,47,57)(H,48,54)(H,50,51)(H,52,53)(H4,40,41,42)/t23-,25-,26-,27-,28-,29-/m0/s1. The zero-order valence-electron chi connectivity index (χ0n) is 33.6. The number of rotatable bonds is 24. The Morgan fingerprint density at radius 1 is 0.883 bits per heavy atom. The van der Waals surface area contributed by atoms with Crippen LogP contribution in [0.5, 0.6) is 0 Å². The molecule has 0 bridgehead atoms. The number of nitrogens with one attached hydrogen (secondary N) is 8. The maximum atomic E-state index is 14.0. The van der Waals surface area contributed by atoms with E-state index >= 15 is 0 Å². The van der Waals surface area contributed by atoms with Crippen LogP contribution in [-0.4, -0.2) is 135 Å². The molecule has 60 heavy (non-hydrogen) atoms. The van der Waals surface area contributed by atoms with Gasteiger partial charge in [0.05, 0.1) is 6.04 Å². The molecule has 0 aliphatic carbocycles. The summed E-state index contributed by atoms with van der Waals surface area (Å²) in [5.41, 5.74) is 12.7. The number of hydrogen-bond donors (Lipinski definition) is 13. The molecule has 1 saturated heterocycles. The van der Waals surface area contributed by atoms with Gasteiger partial charge in [0.1, 0.15) is 36.8 Å². The second kappa shape index (κ2) is 23.6. The number of likely N-dealkylation sites (tertiary alicyclic amines) is 1. The van der Waals surface area contributed by atoms with E-state index in [-0.39, 0.29) is 56.4 Å². The third-order valence-electron chi connectivity index (χ3n) is 9.74. The molecule has 2 heterocycles. The summed E-state index contributed by atoms with van der Waals surface area (Å²) in [7, 11) is 0. The van der Waals surface area contributed by atoms with Gasteiger partial charge in [-0.3, -0.25) is 43.8 Å². The molecule has 330 valence electrons. The van der Waals surface area contributed by atoms with Crippen LogP contribution in [0.25, 0.3) is 10.9 Å². The van der Waals surface area contributed by atoms with Crippen molar-refractivity contribution in [1.29, 1.82) is 5.41 Å². The summed E-state index contributed by atoms with van der Waals surface area (Å²) < 4.78 is 0. The van der Waals surface area contributed by atoms with Crippen molar-refractivity contribution in [1.82, 2.24) is 41.8 Å². The summed E-state index contributed by atoms with van der Waals surface area (Å²) in [5, 5.41) is 42.0. The second-order valence-corrected chi connectivity index (χ2v) is 15.3. The molecule has 0 unspecified atom stereocenters. The summed E-state index contributed by atoms with van der Waals surface area (Å²) in [6.07, 6.45) is 1.66. The normalized spacial score (nSPS) is 16.1. The minimum absolute atomic E-state index is 0.0599. The van der Waals surface area contributed by atoms with Crippen molar-refractivity contribution in [2.45, 2.75) is 101 Å². The first kappa shape index (κ1) is 48.5. The summed E-state index contributed by atoms with van der Waals surface area (Å²) in [4.78, 5) is 109. The number of nitrogens with zero attached hydrogens (tertiary/aromatic N) is 1. The highest BCUT2D eigenvalue weighted by molar-refractivity contribution is 7.80. The quantitative estimate of drug-likeness (QED) is 0.0242. The van der Waals surface area contributed by atoms with Crippen molar-refractivity contribution in [3.05, 3.63) is 36.0 Å². The van der Waals surface area contributed by atoms with Crippen molar-refractivity contribution in [2.24, 2.45) is 17.4 Å². The molecule has 6 amide bonds. The van der Waals surface area contributed by atoms with Crippen LogP contribution in [0.1, 0.15) is 64.4 Å². The van der Waals surface area contributed by atoms with E-state index in [2.05, 4.69) is 49.5 Å². The van der Waals surface area contributed by atoms with Gasteiger partial charge in [-0.2, -0.15) is 12.6 Å². The Hall–Kier alpha value is -5.90. The number of thiol groups is 1. The van der Waals surface area contributed by atoms with E-state index in [1.807, 2.05) is 13.8 Å². The topological polar surface area (TPSA) is 344 Å². The van der Waals surface area contributed by atoms with Gasteiger partial charge in [0.2, 0.25) is 35.4 Å². The Balaban J connectivity index is 1.84. The lowest BCUT2D eigenvalue weighted by molar-refractivity contribution is -0.142. The van der Waals surface area contributed by atoms with Crippen molar-refractivity contribution < 1.29 is 48.6 Å². The molecule has 2 aromatic rings. The minimum Gasteiger partial charge on any atom is -0.481 e. The van der Waals surface area contributed by atoms with Crippen molar-refractivity contribution in [2.75, 3.05) is 25.4 Å². The molecular weight excluding hydrogens is 803 g/mol. The molecule has 6 atom stereocenters. The number of guanidine groups is 1. The number of fused-ring (bicyclic) bond motifs is 1. The van der Waals surface area contributed by atoms with Gasteiger partial charge in [-0.15, -0.1) is 0 Å². The van der Waals surface area contributed by atoms with Gasteiger partial charge in [-0.1, -0.05) is 32.0 Å². The predicted octanol–water partition coefficient (Wildman–Crippen LogP) is -1.73. The maximum absolute atomic E-state index is 14.0. The van der Waals surface area contributed by atoms with E-state index in [0.717, 1.165) is 10.9 Å². The van der Waals surface area contributed by atoms with Gasteiger partial charge in [0.15, 0.2) is 5.96 Å². The van der Waals surface area contributed by atoms with Gasteiger partial charge >= 0.3 is 11.9 Å². The number of carboxylic acids is 2. The third kappa shape index (κ3) is 15.0. The second-order valence-electron chi connectivity index (χ2n) is 14.9. The number of aromatic amines is 1. The Bertz CT molecular complexity index is 1870. The molecule has 1 fully saturated rings. The van der Waals surface area contributed by atoms with Crippen LogP contribution in [0, 0.1) is 11.3 Å². The first-order valence-electron chi connectivity index (χ1n) is 19.6. The third-order valence-corrected chi connectivity index (χ3v) is 10.1. The van der Waals surface area contributed by atoms with E-state index in [1.165, 1.54) is 4.90 Å². The molecule has 1 aromatic carbocycles. The van der Waals surface area contributed by atoms with Crippen LogP contribution >= 0.6 is 12.6 Å². The van der Waals surface area contributed by atoms with E-state index in [4.69, 9.17) is 22.0 Å². The number of nitrogens with two attached hydrogens (primary N) is 2.